The van der Waals surface area contributed by atoms with E-state index in [0.29, 0.717) is 13.2 Å². The van der Waals surface area contributed by atoms with Gasteiger partial charge in [0.05, 0.1) is 6.54 Å². The fourth-order valence-corrected chi connectivity index (χ4v) is 2.56. The summed E-state index contributed by atoms with van der Waals surface area (Å²) in [4.78, 5) is 26.0. The molecule has 1 atom stereocenters. The highest BCUT2D eigenvalue weighted by molar-refractivity contribution is 5.95. The molecular formula is C13H22N2O3. The Morgan fingerprint density at radius 2 is 1.83 bits per heavy atom. The van der Waals surface area contributed by atoms with Crippen molar-refractivity contribution in [3.8, 4) is 0 Å². The van der Waals surface area contributed by atoms with Crippen molar-refractivity contribution >= 4 is 11.8 Å². The van der Waals surface area contributed by atoms with Crippen LogP contribution in [-0.2, 0) is 14.3 Å². The third-order valence-electron chi connectivity index (χ3n) is 3.65. The van der Waals surface area contributed by atoms with Crippen LogP contribution in [0.3, 0.4) is 0 Å². The van der Waals surface area contributed by atoms with Crippen LogP contribution in [0.15, 0.2) is 0 Å². The predicted molar refractivity (Wildman–Crippen MR) is 66.9 cm³/mol. The van der Waals surface area contributed by atoms with E-state index in [4.69, 9.17) is 4.74 Å². The van der Waals surface area contributed by atoms with Crippen LogP contribution in [-0.4, -0.2) is 48.6 Å². The maximum Gasteiger partial charge on any atom is 0.246 e. The third kappa shape index (κ3) is 2.66. The Labute approximate surface area is 108 Å². The first-order valence-electron chi connectivity index (χ1n) is 6.57. The second kappa shape index (κ2) is 4.88. The number of hydrogen-bond donors (Lipinski definition) is 1. The van der Waals surface area contributed by atoms with Gasteiger partial charge in [-0.1, -0.05) is 20.8 Å². The molecule has 2 aliphatic rings. The quantitative estimate of drug-likeness (QED) is 0.743. The van der Waals surface area contributed by atoms with Crippen LogP contribution >= 0.6 is 0 Å². The zero-order chi connectivity index (χ0) is 13.3. The van der Waals surface area contributed by atoms with Crippen molar-refractivity contribution in [2.75, 3.05) is 19.8 Å². The smallest absolute Gasteiger partial charge is 0.246 e. The van der Waals surface area contributed by atoms with Gasteiger partial charge in [0, 0.05) is 19.3 Å². The van der Waals surface area contributed by atoms with E-state index in [0.717, 1.165) is 12.8 Å². The van der Waals surface area contributed by atoms with E-state index < -0.39 is 6.04 Å². The summed E-state index contributed by atoms with van der Waals surface area (Å²) in [5.41, 5.74) is -0.253. The number of hydrogen-bond acceptors (Lipinski definition) is 3. The fourth-order valence-electron chi connectivity index (χ4n) is 2.56. The number of rotatable bonds is 1. The molecule has 0 saturated carbocycles. The summed E-state index contributed by atoms with van der Waals surface area (Å²) in [6.07, 6.45) is 1.66. The molecule has 0 aromatic heterocycles. The molecule has 2 heterocycles. The Hall–Kier alpha value is -1.10. The molecule has 2 rings (SSSR count). The van der Waals surface area contributed by atoms with Gasteiger partial charge in [-0.15, -0.1) is 0 Å². The minimum atomic E-state index is -0.415. The maximum atomic E-state index is 12.5. The van der Waals surface area contributed by atoms with Crippen molar-refractivity contribution < 1.29 is 14.3 Å². The lowest BCUT2D eigenvalue weighted by Gasteiger charge is -2.43. The average molecular weight is 254 g/mol. The van der Waals surface area contributed by atoms with Crippen LogP contribution in [0.2, 0.25) is 0 Å². The lowest BCUT2D eigenvalue weighted by Crippen LogP contribution is -2.64. The number of piperazine rings is 1. The summed E-state index contributed by atoms with van der Waals surface area (Å²) in [6, 6.07) is -0.260. The summed E-state index contributed by atoms with van der Waals surface area (Å²) in [6.45, 7) is 7.47. The summed E-state index contributed by atoms with van der Waals surface area (Å²) >= 11 is 0. The number of nitrogens with zero attached hydrogens (tertiary/aromatic N) is 1. The number of carbonyl (C=O) groups excluding carboxylic acids is 2. The van der Waals surface area contributed by atoms with Gasteiger partial charge in [0.1, 0.15) is 6.04 Å². The molecule has 2 fully saturated rings. The van der Waals surface area contributed by atoms with Gasteiger partial charge in [-0.25, -0.2) is 0 Å². The van der Waals surface area contributed by atoms with Crippen LogP contribution in [0.25, 0.3) is 0 Å². The van der Waals surface area contributed by atoms with Crippen molar-refractivity contribution in [2.24, 2.45) is 5.41 Å². The summed E-state index contributed by atoms with van der Waals surface area (Å²) in [7, 11) is 0. The molecule has 1 N–H and O–H groups in total. The van der Waals surface area contributed by atoms with Gasteiger partial charge in [0.25, 0.3) is 0 Å². The Balaban J connectivity index is 2.14. The molecule has 0 spiro atoms. The van der Waals surface area contributed by atoms with Crippen molar-refractivity contribution in [1.82, 2.24) is 10.2 Å². The van der Waals surface area contributed by atoms with E-state index in [1.54, 1.807) is 4.90 Å². The Morgan fingerprint density at radius 1 is 1.22 bits per heavy atom. The van der Waals surface area contributed by atoms with Crippen molar-refractivity contribution in [1.29, 1.82) is 0 Å². The largest absolute Gasteiger partial charge is 0.381 e. The predicted octanol–water partition coefficient (Wildman–Crippen LogP) is 0.538. The number of ether oxygens (including phenoxy) is 1. The number of nitrogens with one attached hydrogen (secondary N) is 1. The average Bonchev–Trinajstić information content (AvgIpc) is 2.31. The molecule has 1 unspecified atom stereocenters. The number of amides is 2. The normalized spacial score (nSPS) is 27.3. The lowest BCUT2D eigenvalue weighted by atomic mass is 9.84. The molecule has 2 amide bonds. The fraction of sp³-hybridized carbons (Fsp3) is 0.846. The maximum absolute atomic E-state index is 12.5. The highest BCUT2D eigenvalue weighted by atomic mass is 16.5. The summed E-state index contributed by atoms with van der Waals surface area (Å²) < 4.78 is 5.31. The molecule has 0 bridgehead atoms. The molecule has 5 heteroatoms. The Bertz CT molecular complexity index is 343. The molecule has 2 saturated heterocycles. The number of carbonyl (C=O) groups is 2. The van der Waals surface area contributed by atoms with Gasteiger partial charge < -0.3 is 15.0 Å². The molecule has 0 aromatic rings. The molecule has 0 radical (unpaired) electrons. The lowest BCUT2D eigenvalue weighted by molar-refractivity contribution is -0.151. The van der Waals surface area contributed by atoms with Crippen molar-refractivity contribution in [3.63, 3.8) is 0 Å². The zero-order valence-corrected chi connectivity index (χ0v) is 11.4. The van der Waals surface area contributed by atoms with Crippen LogP contribution < -0.4 is 5.32 Å². The third-order valence-corrected chi connectivity index (χ3v) is 3.65. The van der Waals surface area contributed by atoms with E-state index >= 15 is 0 Å². The first-order valence-corrected chi connectivity index (χ1v) is 6.57. The first-order chi connectivity index (χ1) is 8.39. The molecular weight excluding hydrogens is 232 g/mol. The zero-order valence-electron chi connectivity index (χ0n) is 11.4. The van der Waals surface area contributed by atoms with E-state index in [9.17, 15) is 9.59 Å². The van der Waals surface area contributed by atoms with E-state index in [-0.39, 0.29) is 29.8 Å². The monoisotopic (exact) mass is 254 g/mol. The SMILES string of the molecule is CC(C)(C)C1NC(=O)CN(C2CCOCC2)C1=O. The van der Waals surface area contributed by atoms with Crippen LogP contribution in [0.1, 0.15) is 33.6 Å². The first kappa shape index (κ1) is 13.3. The highest BCUT2D eigenvalue weighted by Crippen LogP contribution is 2.26. The molecule has 102 valence electrons. The van der Waals surface area contributed by atoms with Gasteiger partial charge in [0.2, 0.25) is 11.8 Å². The standard InChI is InChI=1S/C13H22N2O3/c1-13(2,3)11-12(17)15(8-10(16)14-11)9-4-6-18-7-5-9/h9,11H,4-8H2,1-3H3,(H,14,16). The van der Waals surface area contributed by atoms with Gasteiger partial charge in [-0.2, -0.15) is 0 Å². The van der Waals surface area contributed by atoms with Crippen LogP contribution in [0, 0.1) is 5.41 Å². The second-order valence-electron chi connectivity index (χ2n) is 6.18. The van der Waals surface area contributed by atoms with Crippen molar-refractivity contribution in [2.45, 2.75) is 45.7 Å². The van der Waals surface area contributed by atoms with Gasteiger partial charge in [-0.05, 0) is 18.3 Å². The van der Waals surface area contributed by atoms with E-state index in [1.165, 1.54) is 0 Å². The van der Waals surface area contributed by atoms with Crippen LogP contribution in [0.4, 0.5) is 0 Å². The van der Waals surface area contributed by atoms with E-state index in [2.05, 4.69) is 5.32 Å². The minimum absolute atomic E-state index is 0.0500. The van der Waals surface area contributed by atoms with Gasteiger partial charge in [0.15, 0.2) is 0 Å². The molecule has 2 aliphatic heterocycles. The minimum Gasteiger partial charge on any atom is -0.381 e. The van der Waals surface area contributed by atoms with Crippen molar-refractivity contribution in [3.05, 3.63) is 0 Å². The summed E-state index contributed by atoms with van der Waals surface area (Å²) in [5.74, 6) is -0.00461. The Kier molecular flexibility index (Phi) is 3.61. The second-order valence-corrected chi connectivity index (χ2v) is 6.18. The molecule has 18 heavy (non-hydrogen) atoms. The molecule has 5 nitrogen and oxygen atoms in total. The van der Waals surface area contributed by atoms with Crippen LogP contribution in [0.5, 0.6) is 0 Å². The molecule has 0 aromatic carbocycles. The molecule has 0 aliphatic carbocycles. The highest BCUT2D eigenvalue weighted by Gasteiger charge is 2.42. The summed E-state index contributed by atoms with van der Waals surface area (Å²) in [5, 5.41) is 2.81. The van der Waals surface area contributed by atoms with Gasteiger partial charge >= 0.3 is 0 Å². The Morgan fingerprint density at radius 3 is 2.39 bits per heavy atom. The topological polar surface area (TPSA) is 58.6 Å². The van der Waals surface area contributed by atoms with E-state index in [1.807, 2.05) is 20.8 Å². The van der Waals surface area contributed by atoms with Gasteiger partial charge in [-0.3, -0.25) is 9.59 Å².